The number of fused-ring (bicyclic) bond motifs is 1. The van der Waals surface area contributed by atoms with E-state index in [0.29, 0.717) is 37.1 Å². The Bertz CT molecular complexity index is 1420. The fourth-order valence-electron chi connectivity index (χ4n) is 4.38. The van der Waals surface area contributed by atoms with E-state index in [4.69, 9.17) is 5.73 Å². The molecule has 1 saturated heterocycles. The van der Waals surface area contributed by atoms with Gasteiger partial charge >= 0.3 is 6.61 Å². The number of hydrogen-bond acceptors (Lipinski definition) is 8. The molecule has 206 valence electrons. The van der Waals surface area contributed by atoms with Gasteiger partial charge in [-0.2, -0.15) is 13.9 Å². The van der Waals surface area contributed by atoms with Crippen LogP contribution in [0.2, 0.25) is 0 Å². The Morgan fingerprint density at radius 1 is 1.31 bits per heavy atom. The van der Waals surface area contributed by atoms with E-state index in [9.17, 15) is 23.2 Å². The Morgan fingerprint density at radius 3 is 2.77 bits per heavy atom. The van der Waals surface area contributed by atoms with E-state index < -0.39 is 12.5 Å². The van der Waals surface area contributed by atoms with Gasteiger partial charge in [0.25, 0.3) is 5.91 Å². The van der Waals surface area contributed by atoms with Gasteiger partial charge in [-0.05, 0) is 36.6 Å². The molecule has 39 heavy (non-hydrogen) atoms. The van der Waals surface area contributed by atoms with Crippen molar-refractivity contribution in [2.24, 2.45) is 0 Å². The number of nitrogens with two attached hydrogens (primary N) is 1. The van der Waals surface area contributed by atoms with Crippen LogP contribution in [-0.2, 0) is 16.0 Å². The van der Waals surface area contributed by atoms with Crippen LogP contribution in [0, 0.1) is 0 Å². The Kier molecular flexibility index (Phi) is 8.02. The van der Waals surface area contributed by atoms with Crippen molar-refractivity contribution in [2.75, 3.05) is 38.2 Å². The van der Waals surface area contributed by atoms with Gasteiger partial charge in [-0.3, -0.25) is 14.4 Å². The number of nitrogen functional groups attached to an aromatic ring is 1. The van der Waals surface area contributed by atoms with Gasteiger partial charge in [0.1, 0.15) is 17.9 Å². The number of benzene rings is 1. The van der Waals surface area contributed by atoms with Crippen LogP contribution in [0.1, 0.15) is 34.9 Å². The molecule has 0 aliphatic carbocycles. The second-order valence-corrected chi connectivity index (χ2v) is 9.16. The molecule has 3 heterocycles. The van der Waals surface area contributed by atoms with Crippen LogP contribution in [0.15, 0.2) is 37.2 Å². The number of carbonyl (C=O) groups excluding carboxylic acids is 3. The number of ether oxygens (including phenoxy) is 1. The van der Waals surface area contributed by atoms with Crippen LogP contribution in [0.5, 0.6) is 5.75 Å². The number of nitrogens with one attached hydrogen (secondary N) is 1. The van der Waals surface area contributed by atoms with Crippen LogP contribution in [0.3, 0.4) is 0 Å². The first-order valence-corrected chi connectivity index (χ1v) is 12.1. The lowest BCUT2D eigenvalue weighted by Crippen LogP contribution is -2.40. The third-order valence-corrected chi connectivity index (χ3v) is 6.33. The van der Waals surface area contributed by atoms with Crippen molar-refractivity contribution < 1.29 is 27.9 Å². The molecule has 1 aliphatic rings. The van der Waals surface area contributed by atoms with Crippen LogP contribution in [-0.4, -0.2) is 81.1 Å². The predicted octanol–water partition coefficient (Wildman–Crippen LogP) is 2.24. The fraction of sp³-hybridized carbons (Fsp3) is 0.360. The zero-order valence-electron chi connectivity index (χ0n) is 21.4. The molecular formula is C25H28F2N8O4. The second kappa shape index (κ2) is 11.4. The molecule has 0 spiro atoms. The topological polar surface area (TPSA) is 149 Å². The van der Waals surface area contributed by atoms with Crippen LogP contribution >= 0.6 is 0 Å². The first-order chi connectivity index (χ1) is 18.6. The molecule has 3 aromatic rings. The molecule has 1 aliphatic heterocycles. The van der Waals surface area contributed by atoms with E-state index in [2.05, 4.69) is 31.7 Å². The summed E-state index contributed by atoms with van der Waals surface area (Å²) < 4.78 is 32.5. The van der Waals surface area contributed by atoms with E-state index in [1.165, 1.54) is 40.2 Å². The number of nitrogens with zero attached hydrogens (tertiary/aromatic N) is 6. The van der Waals surface area contributed by atoms with Gasteiger partial charge in [-0.25, -0.2) is 14.6 Å². The van der Waals surface area contributed by atoms with E-state index in [0.717, 1.165) is 0 Å². The number of carbonyl (C=O) groups is 3. The molecule has 1 atom stereocenters. The summed E-state index contributed by atoms with van der Waals surface area (Å²) in [6.45, 7) is 1.25. The average Bonchev–Trinajstić information content (AvgIpc) is 3.30. The van der Waals surface area contributed by atoms with E-state index >= 15 is 0 Å². The number of likely N-dealkylation sites (N-methyl/N-ethyl adjacent to an activating group) is 1. The van der Waals surface area contributed by atoms with Crippen molar-refractivity contribution in [3.8, 4) is 5.75 Å². The molecule has 0 bridgehead atoms. The molecular weight excluding hydrogens is 514 g/mol. The maximum Gasteiger partial charge on any atom is 0.387 e. The predicted molar refractivity (Wildman–Crippen MR) is 138 cm³/mol. The highest BCUT2D eigenvalue weighted by atomic mass is 19.3. The molecule has 2 aromatic heterocycles. The summed E-state index contributed by atoms with van der Waals surface area (Å²) in [6.07, 6.45) is 3.81. The SMILES string of the molecule is C=CC(=O)N1CCCC(n2nc(C(=O)Nc3ccc(CC(=O)N(C)C)cc3OC(F)F)c3c(N)ncnc32)C1. The lowest BCUT2D eigenvalue weighted by Gasteiger charge is -2.32. The Balaban J connectivity index is 1.68. The monoisotopic (exact) mass is 542 g/mol. The van der Waals surface area contributed by atoms with Crippen molar-refractivity contribution >= 4 is 40.3 Å². The van der Waals surface area contributed by atoms with Gasteiger partial charge < -0.3 is 25.6 Å². The normalized spacial score (nSPS) is 15.3. The number of aromatic nitrogens is 4. The van der Waals surface area contributed by atoms with Crippen molar-refractivity contribution in [2.45, 2.75) is 31.9 Å². The van der Waals surface area contributed by atoms with Crippen molar-refractivity contribution in [1.29, 1.82) is 0 Å². The van der Waals surface area contributed by atoms with Gasteiger partial charge in [0.15, 0.2) is 11.3 Å². The highest BCUT2D eigenvalue weighted by molar-refractivity contribution is 6.13. The standard InChI is InChI=1S/C25H28F2N8O4/c1-4-18(36)34-9-5-6-15(12-34)35-23-20(22(28)29-13-30-23)21(32-35)24(38)31-16-8-7-14(11-19(37)33(2)3)10-17(16)39-25(26)27/h4,7-8,10,13,15,25H,1,5-6,9,11-12H2,2-3H3,(H,31,38)(H2,28,29,30). The summed E-state index contributed by atoms with van der Waals surface area (Å²) in [5.74, 6) is -1.52. The van der Waals surface area contributed by atoms with Crippen LogP contribution < -0.4 is 15.8 Å². The minimum Gasteiger partial charge on any atom is -0.433 e. The smallest absolute Gasteiger partial charge is 0.387 e. The number of alkyl halides is 2. The lowest BCUT2D eigenvalue weighted by molar-refractivity contribution is -0.128. The molecule has 3 amide bonds. The number of amides is 3. The summed E-state index contributed by atoms with van der Waals surface area (Å²) in [4.78, 5) is 48.9. The maximum absolute atomic E-state index is 13.4. The Labute approximate surface area is 222 Å². The first kappa shape index (κ1) is 27.4. The Morgan fingerprint density at radius 2 is 2.08 bits per heavy atom. The van der Waals surface area contributed by atoms with Crippen molar-refractivity contribution in [3.05, 3.63) is 48.4 Å². The summed E-state index contributed by atoms with van der Waals surface area (Å²) in [6, 6.07) is 3.86. The van der Waals surface area contributed by atoms with Crippen LogP contribution in [0.25, 0.3) is 11.0 Å². The molecule has 1 aromatic carbocycles. The van der Waals surface area contributed by atoms with Crippen LogP contribution in [0.4, 0.5) is 20.3 Å². The number of rotatable bonds is 8. The van der Waals surface area contributed by atoms with E-state index in [-0.39, 0.29) is 52.6 Å². The highest BCUT2D eigenvalue weighted by Crippen LogP contribution is 2.31. The van der Waals surface area contributed by atoms with Gasteiger partial charge in [0.2, 0.25) is 11.8 Å². The second-order valence-electron chi connectivity index (χ2n) is 9.16. The fourth-order valence-corrected chi connectivity index (χ4v) is 4.38. The number of hydrogen-bond donors (Lipinski definition) is 2. The molecule has 14 heteroatoms. The van der Waals surface area contributed by atoms with Gasteiger partial charge in [-0.1, -0.05) is 12.6 Å². The lowest BCUT2D eigenvalue weighted by atomic mass is 10.1. The number of halogens is 2. The first-order valence-electron chi connectivity index (χ1n) is 12.1. The highest BCUT2D eigenvalue weighted by Gasteiger charge is 2.29. The third-order valence-electron chi connectivity index (χ3n) is 6.33. The number of piperidine rings is 1. The van der Waals surface area contributed by atoms with Crippen molar-refractivity contribution in [1.82, 2.24) is 29.5 Å². The summed E-state index contributed by atoms with van der Waals surface area (Å²) >= 11 is 0. The zero-order chi connectivity index (χ0) is 28.3. The number of likely N-dealkylation sites (tertiary alicyclic amines) is 1. The third kappa shape index (κ3) is 5.94. The summed E-state index contributed by atoms with van der Waals surface area (Å²) in [5.41, 5.74) is 6.64. The average molecular weight is 543 g/mol. The summed E-state index contributed by atoms with van der Waals surface area (Å²) in [5, 5.41) is 7.21. The minimum atomic E-state index is -3.17. The largest absolute Gasteiger partial charge is 0.433 e. The van der Waals surface area contributed by atoms with E-state index in [1.807, 2.05) is 0 Å². The zero-order valence-corrected chi connectivity index (χ0v) is 21.4. The van der Waals surface area contributed by atoms with Gasteiger partial charge in [-0.15, -0.1) is 0 Å². The number of anilines is 2. The molecule has 3 N–H and O–H groups in total. The van der Waals surface area contributed by atoms with Gasteiger partial charge in [0, 0.05) is 27.2 Å². The minimum absolute atomic E-state index is 0.00725. The molecule has 1 unspecified atom stereocenters. The molecule has 0 radical (unpaired) electrons. The summed E-state index contributed by atoms with van der Waals surface area (Å²) in [7, 11) is 3.16. The molecule has 12 nitrogen and oxygen atoms in total. The molecule has 0 saturated carbocycles. The van der Waals surface area contributed by atoms with Crippen molar-refractivity contribution in [3.63, 3.8) is 0 Å². The Hall–Kier alpha value is -4.62. The molecule has 1 fully saturated rings. The van der Waals surface area contributed by atoms with Gasteiger partial charge in [0.05, 0.1) is 23.5 Å². The maximum atomic E-state index is 13.4. The van der Waals surface area contributed by atoms with E-state index in [1.54, 1.807) is 19.0 Å². The quantitative estimate of drug-likeness (QED) is 0.412. The molecule has 4 rings (SSSR count).